The molecule has 1 rings (SSSR count). The molecular weight excluding hydrogens is 242 g/mol. The standard InChI is InChI=1S/C15H25NOS/c1-14(2,3)18-12-9-7-6-8-11(12)13(16)15(4,5)10-17/h6-9,13,17H,10,16H2,1-5H3/t13-/m1/s1. The number of benzene rings is 1. The SMILES string of the molecule is CC(C)(C)Sc1ccccc1[C@@H](N)C(C)(C)CO. The number of nitrogens with two attached hydrogens (primary N) is 1. The predicted molar refractivity (Wildman–Crippen MR) is 79.8 cm³/mol. The molecule has 1 aromatic rings. The van der Waals surface area contributed by atoms with Gasteiger partial charge in [0.15, 0.2) is 0 Å². The minimum Gasteiger partial charge on any atom is -0.396 e. The first-order valence-corrected chi connectivity index (χ1v) is 7.13. The predicted octanol–water partition coefficient (Wildman–Crippen LogP) is 3.60. The van der Waals surface area contributed by atoms with Crippen LogP contribution in [0.25, 0.3) is 0 Å². The molecule has 3 N–H and O–H groups in total. The Labute approximate surface area is 115 Å². The van der Waals surface area contributed by atoms with Gasteiger partial charge in [0, 0.05) is 27.7 Å². The van der Waals surface area contributed by atoms with Crippen LogP contribution in [-0.2, 0) is 0 Å². The van der Waals surface area contributed by atoms with E-state index in [4.69, 9.17) is 5.73 Å². The first-order valence-electron chi connectivity index (χ1n) is 6.32. The van der Waals surface area contributed by atoms with Crippen molar-refractivity contribution in [2.45, 2.75) is 50.3 Å². The van der Waals surface area contributed by atoms with Gasteiger partial charge in [0.2, 0.25) is 0 Å². The molecular formula is C15H25NOS. The fourth-order valence-corrected chi connectivity index (χ4v) is 2.80. The number of rotatable bonds is 4. The highest BCUT2D eigenvalue weighted by atomic mass is 32.2. The van der Waals surface area contributed by atoms with Crippen LogP contribution < -0.4 is 5.73 Å². The van der Waals surface area contributed by atoms with Gasteiger partial charge in [-0.15, -0.1) is 11.8 Å². The molecule has 18 heavy (non-hydrogen) atoms. The monoisotopic (exact) mass is 267 g/mol. The van der Waals surface area contributed by atoms with Gasteiger partial charge in [-0.1, -0.05) is 52.8 Å². The van der Waals surface area contributed by atoms with Gasteiger partial charge in [0.25, 0.3) is 0 Å². The fourth-order valence-electron chi connectivity index (χ4n) is 1.68. The summed E-state index contributed by atoms with van der Waals surface area (Å²) < 4.78 is 0.152. The van der Waals surface area contributed by atoms with E-state index < -0.39 is 0 Å². The van der Waals surface area contributed by atoms with Crippen molar-refractivity contribution in [2.24, 2.45) is 11.1 Å². The molecule has 2 nitrogen and oxygen atoms in total. The number of hydrogen-bond acceptors (Lipinski definition) is 3. The van der Waals surface area contributed by atoms with Crippen molar-refractivity contribution >= 4 is 11.8 Å². The molecule has 0 unspecified atom stereocenters. The maximum atomic E-state index is 9.46. The molecule has 0 spiro atoms. The highest BCUT2D eigenvalue weighted by Crippen LogP contribution is 2.40. The zero-order valence-corrected chi connectivity index (χ0v) is 12.8. The Morgan fingerprint density at radius 2 is 1.72 bits per heavy atom. The van der Waals surface area contributed by atoms with E-state index in [1.165, 1.54) is 4.90 Å². The van der Waals surface area contributed by atoms with Crippen LogP contribution in [-0.4, -0.2) is 16.5 Å². The van der Waals surface area contributed by atoms with Crippen LogP contribution in [0.1, 0.15) is 46.2 Å². The van der Waals surface area contributed by atoms with Gasteiger partial charge >= 0.3 is 0 Å². The maximum absolute atomic E-state index is 9.46. The molecule has 0 heterocycles. The van der Waals surface area contributed by atoms with E-state index in [2.05, 4.69) is 32.9 Å². The summed E-state index contributed by atoms with van der Waals surface area (Å²) in [6, 6.07) is 8.06. The molecule has 1 aromatic carbocycles. The highest BCUT2D eigenvalue weighted by molar-refractivity contribution is 8.00. The lowest BCUT2D eigenvalue weighted by Gasteiger charge is -2.32. The molecule has 0 fully saturated rings. The topological polar surface area (TPSA) is 46.2 Å². The lowest BCUT2D eigenvalue weighted by Crippen LogP contribution is -2.32. The molecule has 0 bridgehead atoms. The van der Waals surface area contributed by atoms with Crippen molar-refractivity contribution in [1.82, 2.24) is 0 Å². The van der Waals surface area contributed by atoms with E-state index in [9.17, 15) is 5.11 Å². The minimum atomic E-state index is -0.311. The zero-order valence-electron chi connectivity index (χ0n) is 12.0. The Morgan fingerprint density at radius 3 is 2.22 bits per heavy atom. The smallest absolute Gasteiger partial charge is 0.0500 e. The second kappa shape index (κ2) is 5.64. The molecule has 3 heteroatoms. The summed E-state index contributed by atoms with van der Waals surface area (Å²) in [5.41, 5.74) is 7.14. The van der Waals surface area contributed by atoms with Gasteiger partial charge in [0.05, 0.1) is 0 Å². The third-order valence-corrected chi connectivity index (χ3v) is 4.12. The number of hydrogen-bond donors (Lipinski definition) is 2. The van der Waals surface area contributed by atoms with Gasteiger partial charge in [-0.3, -0.25) is 0 Å². The van der Waals surface area contributed by atoms with Crippen LogP contribution in [0.15, 0.2) is 29.2 Å². The number of aliphatic hydroxyl groups is 1. The largest absolute Gasteiger partial charge is 0.396 e. The lowest BCUT2D eigenvalue weighted by molar-refractivity contribution is 0.131. The molecule has 1 atom stereocenters. The summed E-state index contributed by atoms with van der Waals surface area (Å²) in [7, 11) is 0. The second-order valence-corrected chi connectivity index (χ2v) is 8.25. The van der Waals surface area contributed by atoms with Crippen LogP contribution in [0.3, 0.4) is 0 Å². The molecule has 0 aliphatic carbocycles. The average molecular weight is 267 g/mol. The molecule has 0 aliphatic heterocycles. The zero-order chi connectivity index (χ0) is 14.0. The van der Waals surface area contributed by atoms with E-state index in [0.717, 1.165) is 5.56 Å². The van der Waals surface area contributed by atoms with E-state index in [0.29, 0.717) is 0 Å². The van der Waals surface area contributed by atoms with E-state index in [1.54, 1.807) is 0 Å². The molecule has 0 saturated heterocycles. The fraction of sp³-hybridized carbons (Fsp3) is 0.600. The Bertz CT molecular complexity index is 396. The number of thioether (sulfide) groups is 1. The average Bonchev–Trinajstić information content (AvgIpc) is 2.26. The van der Waals surface area contributed by atoms with Crippen molar-refractivity contribution in [3.63, 3.8) is 0 Å². The van der Waals surface area contributed by atoms with Crippen LogP contribution in [0.4, 0.5) is 0 Å². The molecule has 0 saturated carbocycles. The van der Waals surface area contributed by atoms with Gasteiger partial charge in [-0.2, -0.15) is 0 Å². The van der Waals surface area contributed by atoms with Crippen LogP contribution in [0.5, 0.6) is 0 Å². The summed E-state index contributed by atoms with van der Waals surface area (Å²) in [6.07, 6.45) is 0. The first-order chi connectivity index (χ1) is 8.17. The van der Waals surface area contributed by atoms with E-state index in [-0.39, 0.29) is 22.8 Å². The van der Waals surface area contributed by atoms with Crippen molar-refractivity contribution in [2.75, 3.05) is 6.61 Å². The third kappa shape index (κ3) is 4.01. The van der Waals surface area contributed by atoms with Crippen molar-refractivity contribution < 1.29 is 5.11 Å². The minimum absolute atomic E-state index is 0.0860. The quantitative estimate of drug-likeness (QED) is 0.819. The Morgan fingerprint density at radius 1 is 1.17 bits per heavy atom. The van der Waals surface area contributed by atoms with Gasteiger partial charge in [-0.05, 0) is 11.6 Å². The molecule has 102 valence electrons. The Hall–Kier alpha value is -0.510. The summed E-state index contributed by atoms with van der Waals surface area (Å²) in [5, 5.41) is 9.46. The molecule has 0 aliphatic rings. The van der Waals surface area contributed by atoms with E-state index in [1.807, 2.05) is 37.7 Å². The van der Waals surface area contributed by atoms with Gasteiger partial charge < -0.3 is 10.8 Å². The highest BCUT2D eigenvalue weighted by Gasteiger charge is 2.29. The van der Waals surface area contributed by atoms with Gasteiger partial charge in [-0.25, -0.2) is 0 Å². The van der Waals surface area contributed by atoms with Crippen molar-refractivity contribution in [3.8, 4) is 0 Å². The normalized spacial score (nSPS) is 14.6. The second-order valence-electron chi connectivity index (χ2n) is 6.38. The summed E-state index contributed by atoms with van der Waals surface area (Å²) in [6.45, 7) is 10.7. The van der Waals surface area contributed by atoms with E-state index >= 15 is 0 Å². The van der Waals surface area contributed by atoms with Crippen LogP contribution >= 0.6 is 11.8 Å². The van der Waals surface area contributed by atoms with Crippen LogP contribution in [0.2, 0.25) is 0 Å². The number of aliphatic hydroxyl groups excluding tert-OH is 1. The third-order valence-electron chi connectivity index (χ3n) is 2.92. The van der Waals surface area contributed by atoms with Gasteiger partial charge in [0.1, 0.15) is 0 Å². The van der Waals surface area contributed by atoms with Crippen molar-refractivity contribution in [3.05, 3.63) is 29.8 Å². The Balaban J connectivity index is 3.09. The molecule has 0 radical (unpaired) electrons. The summed E-state index contributed by atoms with van der Waals surface area (Å²) in [4.78, 5) is 1.21. The summed E-state index contributed by atoms with van der Waals surface area (Å²) >= 11 is 1.82. The summed E-state index contributed by atoms with van der Waals surface area (Å²) in [5.74, 6) is 0. The van der Waals surface area contributed by atoms with Crippen molar-refractivity contribution in [1.29, 1.82) is 0 Å². The lowest BCUT2D eigenvalue weighted by atomic mass is 9.82. The molecule has 0 aromatic heterocycles. The first kappa shape index (κ1) is 15.5. The maximum Gasteiger partial charge on any atom is 0.0500 e. The Kier molecular flexibility index (Phi) is 4.87. The molecule has 0 amide bonds. The van der Waals surface area contributed by atoms with Crippen LogP contribution in [0, 0.1) is 5.41 Å².